The zero-order valence-electron chi connectivity index (χ0n) is 13.3. The lowest BCUT2D eigenvalue weighted by Crippen LogP contribution is -2.43. The maximum atomic E-state index is 13.6. The summed E-state index contributed by atoms with van der Waals surface area (Å²) in [5, 5.41) is 3.64. The average Bonchev–Trinajstić information content (AvgIpc) is 2.63. The van der Waals surface area contributed by atoms with Crippen LogP contribution in [0.15, 0.2) is 42.5 Å². The Morgan fingerprint density at radius 3 is 2.92 bits per heavy atom. The predicted octanol–water partition coefficient (Wildman–Crippen LogP) is 3.60. The zero-order valence-corrected chi connectivity index (χ0v) is 14.1. The molecule has 1 N–H and O–H groups in total. The summed E-state index contributed by atoms with van der Waals surface area (Å²) in [6.45, 7) is 2.02. The maximum absolute atomic E-state index is 13.6. The average molecular weight is 352 g/mol. The molecule has 0 bridgehead atoms. The van der Waals surface area contributed by atoms with E-state index in [4.69, 9.17) is 25.8 Å². The largest absolute Gasteiger partial charge is 0.497 e. The first-order valence-corrected chi connectivity index (χ1v) is 8.13. The van der Waals surface area contributed by atoms with Gasteiger partial charge in [0.25, 0.3) is 0 Å². The van der Waals surface area contributed by atoms with Crippen molar-refractivity contribution < 1.29 is 18.6 Å². The van der Waals surface area contributed by atoms with E-state index in [2.05, 4.69) is 5.32 Å². The molecule has 4 nitrogen and oxygen atoms in total. The molecule has 2 aromatic rings. The molecule has 2 aromatic carbocycles. The summed E-state index contributed by atoms with van der Waals surface area (Å²) < 4.78 is 30.7. The molecule has 1 heterocycles. The SMILES string of the molecule is COc1cccc([C@H](Oc2cc(F)ccc2Cl)C2CNCCO2)c1. The molecule has 128 valence electrons. The van der Waals surface area contributed by atoms with E-state index in [1.54, 1.807) is 7.11 Å². The molecule has 24 heavy (non-hydrogen) atoms. The third kappa shape index (κ3) is 3.98. The zero-order chi connectivity index (χ0) is 16.9. The molecule has 0 saturated carbocycles. The van der Waals surface area contributed by atoms with Gasteiger partial charge < -0.3 is 19.5 Å². The minimum absolute atomic E-state index is 0.217. The van der Waals surface area contributed by atoms with Gasteiger partial charge in [-0.2, -0.15) is 0 Å². The Morgan fingerprint density at radius 2 is 2.17 bits per heavy atom. The van der Waals surface area contributed by atoms with Gasteiger partial charge in [0.05, 0.1) is 18.7 Å². The summed E-state index contributed by atoms with van der Waals surface area (Å²) in [5.74, 6) is 0.607. The lowest BCUT2D eigenvalue weighted by molar-refractivity contribution is -0.0433. The van der Waals surface area contributed by atoms with E-state index < -0.39 is 11.9 Å². The van der Waals surface area contributed by atoms with E-state index in [0.29, 0.717) is 23.9 Å². The van der Waals surface area contributed by atoms with Gasteiger partial charge in [-0.15, -0.1) is 0 Å². The molecular weight excluding hydrogens is 333 g/mol. The summed E-state index contributed by atoms with van der Waals surface area (Å²) in [5.41, 5.74) is 0.878. The maximum Gasteiger partial charge on any atom is 0.151 e. The van der Waals surface area contributed by atoms with Crippen LogP contribution in [-0.4, -0.2) is 32.9 Å². The second-order valence-electron chi connectivity index (χ2n) is 5.50. The Bertz CT molecular complexity index is 692. The smallest absolute Gasteiger partial charge is 0.151 e. The summed E-state index contributed by atoms with van der Waals surface area (Å²) in [6, 6.07) is 11.6. The number of benzene rings is 2. The van der Waals surface area contributed by atoms with Gasteiger partial charge in [-0.05, 0) is 29.8 Å². The van der Waals surface area contributed by atoms with Crippen molar-refractivity contribution in [1.82, 2.24) is 5.32 Å². The highest BCUT2D eigenvalue weighted by Crippen LogP contribution is 2.33. The van der Waals surface area contributed by atoms with Crippen molar-refractivity contribution in [2.24, 2.45) is 0 Å². The number of hydrogen-bond acceptors (Lipinski definition) is 4. The molecular formula is C18H19ClFNO3. The molecule has 1 saturated heterocycles. The van der Waals surface area contributed by atoms with Crippen LogP contribution in [0.1, 0.15) is 11.7 Å². The lowest BCUT2D eigenvalue weighted by Gasteiger charge is -2.32. The highest BCUT2D eigenvalue weighted by atomic mass is 35.5. The molecule has 3 rings (SSSR count). The van der Waals surface area contributed by atoms with Crippen molar-refractivity contribution in [2.45, 2.75) is 12.2 Å². The number of rotatable bonds is 5. The van der Waals surface area contributed by atoms with E-state index in [9.17, 15) is 4.39 Å². The van der Waals surface area contributed by atoms with E-state index in [1.165, 1.54) is 18.2 Å². The molecule has 1 unspecified atom stereocenters. The van der Waals surface area contributed by atoms with Gasteiger partial charge in [0, 0.05) is 19.2 Å². The first-order chi connectivity index (χ1) is 11.7. The van der Waals surface area contributed by atoms with Crippen LogP contribution in [0.5, 0.6) is 11.5 Å². The molecule has 6 heteroatoms. The topological polar surface area (TPSA) is 39.7 Å². The third-order valence-electron chi connectivity index (χ3n) is 3.86. The van der Waals surface area contributed by atoms with Gasteiger partial charge in [0.15, 0.2) is 6.10 Å². The molecule has 0 radical (unpaired) electrons. The Kier molecular flexibility index (Phi) is 5.56. The highest BCUT2D eigenvalue weighted by molar-refractivity contribution is 6.32. The fourth-order valence-corrected chi connectivity index (χ4v) is 2.82. The van der Waals surface area contributed by atoms with Crippen molar-refractivity contribution in [1.29, 1.82) is 0 Å². The van der Waals surface area contributed by atoms with Crippen LogP contribution in [0, 0.1) is 5.82 Å². The van der Waals surface area contributed by atoms with Gasteiger partial charge in [-0.3, -0.25) is 0 Å². The monoisotopic (exact) mass is 351 g/mol. The van der Waals surface area contributed by atoms with E-state index >= 15 is 0 Å². The molecule has 2 atom stereocenters. The van der Waals surface area contributed by atoms with Crippen LogP contribution in [0.3, 0.4) is 0 Å². The number of nitrogens with one attached hydrogen (secondary N) is 1. The van der Waals surface area contributed by atoms with Crippen molar-refractivity contribution >= 4 is 11.6 Å². The molecule has 0 amide bonds. The Hall–Kier alpha value is -1.82. The van der Waals surface area contributed by atoms with Gasteiger partial charge in [0.2, 0.25) is 0 Å². The Balaban J connectivity index is 1.93. The van der Waals surface area contributed by atoms with E-state index in [1.807, 2.05) is 24.3 Å². The highest BCUT2D eigenvalue weighted by Gasteiger charge is 2.29. The molecule has 1 aliphatic rings. The second-order valence-corrected chi connectivity index (χ2v) is 5.91. The lowest BCUT2D eigenvalue weighted by atomic mass is 10.0. The van der Waals surface area contributed by atoms with Gasteiger partial charge >= 0.3 is 0 Å². The number of ether oxygens (including phenoxy) is 3. The standard InChI is InChI=1S/C18H19ClFNO3/c1-22-14-4-2-3-12(9-14)18(17-11-21-7-8-23-17)24-16-10-13(20)5-6-15(16)19/h2-6,9-10,17-18,21H,7-8,11H2,1H3/t17?,18-/m0/s1. The van der Waals surface area contributed by atoms with E-state index in [-0.39, 0.29) is 6.10 Å². The van der Waals surface area contributed by atoms with Gasteiger partial charge in [-0.1, -0.05) is 23.7 Å². The Morgan fingerprint density at radius 1 is 1.29 bits per heavy atom. The quantitative estimate of drug-likeness (QED) is 0.893. The number of morpholine rings is 1. The predicted molar refractivity (Wildman–Crippen MR) is 90.4 cm³/mol. The Labute approximate surface area is 145 Å². The molecule has 0 spiro atoms. The molecule has 0 aliphatic carbocycles. The normalized spacial score (nSPS) is 18.9. The van der Waals surface area contributed by atoms with Crippen LogP contribution in [0.2, 0.25) is 5.02 Å². The fraction of sp³-hybridized carbons (Fsp3) is 0.333. The summed E-state index contributed by atoms with van der Waals surface area (Å²) in [7, 11) is 1.61. The summed E-state index contributed by atoms with van der Waals surface area (Å²) in [4.78, 5) is 0. The second kappa shape index (κ2) is 7.83. The summed E-state index contributed by atoms with van der Waals surface area (Å²) >= 11 is 6.15. The molecule has 0 aromatic heterocycles. The van der Waals surface area contributed by atoms with Crippen LogP contribution in [0.25, 0.3) is 0 Å². The van der Waals surface area contributed by atoms with Crippen molar-refractivity contribution in [3.63, 3.8) is 0 Å². The number of methoxy groups -OCH3 is 1. The van der Waals surface area contributed by atoms with Crippen molar-refractivity contribution in [3.8, 4) is 11.5 Å². The molecule has 1 fully saturated rings. The first-order valence-electron chi connectivity index (χ1n) is 7.75. The van der Waals surface area contributed by atoms with Crippen LogP contribution in [0.4, 0.5) is 4.39 Å². The number of hydrogen-bond donors (Lipinski definition) is 1. The minimum atomic E-state index is -0.438. The van der Waals surface area contributed by atoms with E-state index in [0.717, 1.165) is 17.9 Å². The summed E-state index contributed by atoms with van der Waals surface area (Å²) in [6.07, 6.45) is -0.655. The van der Waals surface area contributed by atoms with Crippen LogP contribution < -0.4 is 14.8 Å². The van der Waals surface area contributed by atoms with Gasteiger partial charge in [-0.25, -0.2) is 4.39 Å². The fourth-order valence-electron chi connectivity index (χ4n) is 2.66. The van der Waals surface area contributed by atoms with Gasteiger partial charge in [0.1, 0.15) is 23.4 Å². The van der Waals surface area contributed by atoms with Crippen LogP contribution in [-0.2, 0) is 4.74 Å². The first kappa shape index (κ1) is 17.0. The minimum Gasteiger partial charge on any atom is -0.497 e. The third-order valence-corrected chi connectivity index (χ3v) is 4.18. The molecule has 1 aliphatic heterocycles. The van der Waals surface area contributed by atoms with Crippen LogP contribution >= 0.6 is 11.6 Å². The number of halogens is 2. The van der Waals surface area contributed by atoms with Crippen molar-refractivity contribution in [2.75, 3.05) is 26.8 Å². The van der Waals surface area contributed by atoms with Crippen molar-refractivity contribution in [3.05, 3.63) is 58.9 Å².